The number of ether oxygens (including phenoxy) is 1. The van der Waals surface area contributed by atoms with Crippen LogP contribution in [0, 0.1) is 0 Å². The maximum Gasteiger partial charge on any atom is 0.270 e. The summed E-state index contributed by atoms with van der Waals surface area (Å²) in [5, 5.41) is 10.0. The second-order valence-electron chi connectivity index (χ2n) is 6.16. The van der Waals surface area contributed by atoms with E-state index in [1.165, 1.54) is 16.7 Å². The molecule has 1 saturated heterocycles. The molecule has 0 bridgehead atoms. The van der Waals surface area contributed by atoms with E-state index in [0.717, 1.165) is 5.56 Å². The Hall–Kier alpha value is -2.80. The molecule has 1 N–H and O–H groups in total. The third kappa shape index (κ3) is 4.45. The van der Waals surface area contributed by atoms with Crippen LogP contribution in [0.1, 0.15) is 5.56 Å². The summed E-state index contributed by atoms with van der Waals surface area (Å²) in [5.41, 5.74) is 1.49. The van der Waals surface area contributed by atoms with Crippen LogP contribution in [0.25, 0.3) is 6.08 Å². The van der Waals surface area contributed by atoms with Crippen LogP contribution in [0.15, 0.2) is 77.7 Å². The molecule has 0 radical (unpaired) electrons. The van der Waals surface area contributed by atoms with Crippen molar-refractivity contribution in [1.82, 2.24) is 0 Å². The number of hydrogen-bond donors (Lipinski definition) is 1. The number of aromatic hydroxyl groups is 1. The predicted octanol–water partition coefficient (Wildman–Crippen LogP) is 6.24. The molecule has 4 nitrogen and oxygen atoms in total. The van der Waals surface area contributed by atoms with Crippen molar-refractivity contribution in [3.63, 3.8) is 0 Å². The van der Waals surface area contributed by atoms with Gasteiger partial charge in [-0.3, -0.25) is 9.69 Å². The fraction of sp³-hybridized carbons (Fsp3) is 0. The topological polar surface area (TPSA) is 49.8 Å². The number of thiocarbonyl (C=S) groups is 1. The second kappa shape index (κ2) is 8.29. The molecule has 0 aromatic heterocycles. The Labute approximate surface area is 182 Å². The van der Waals surface area contributed by atoms with E-state index in [9.17, 15) is 9.90 Å². The minimum absolute atomic E-state index is 0.176. The summed E-state index contributed by atoms with van der Waals surface area (Å²) in [6.45, 7) is 0. The average Bonchev–Trinajstić information content (AvgIpc) is 2.99. The Balaban J connectivity index is 1.51. The van der Waals surface area contributed by atoms with Crippen LogP contribution in [0.5, 0.6) is 17.2 Å². The number of amides is 1. The predicted molar refractivity (Wildman–Crippen MR) is 122 cm³/mol. The highest BCUT2D eigenvalue weighted by Gasteiger charge is 2.33. The van der Waals surface area contributed by atoms with E-state index in [2.05, 4.69) is 0 Å². The number of carbonyl (C=O) groups is 1. The fourth-order valence-corrected chi connectivity index (χ4v) is 4.14. The molecule has 7 heteroatoms. The normalized spacial score (nSPS) is 15.2. The van der Waals surface area contributed by atoms with Crippen LogP contribution in [-0.4, -0.2) is 15.3 Å². The maximum absolute atomic E-state index is 12.9. The van der Waals surface area contributed by atoms with Crippen molar-refractivity contribution in [1.29, 1.82) is 0 Å². The zero-order valence-electron chi connectivity index (χ0n) is 14.9. The van der Waals surface area contributed by atoms with Gasteiger partial charge in [0.15, 0.2) is 4.32 Å². The van der Waals surface area contributed by atoms with Crippen molar-refractivity contribution in [2.75, 3.05) is 4.90 Å². The van der Waals surface area contributed by atoms with E-state index < -0.39 is 0 Å². The molecule has 0 aliphatic carbocycles. The molecule has 0 atom stereocenters. The Morgan fingerprint density at radius 3 is 2.14 bits per heavy atom. The van der Waals surface area contributed by atoms with Gasteiger partial charge in [-0.05, 0) is 72.3 Å². The second-order valence-corrected chi connectivity index (χ2v) is 8.27. The largest absolute Gasteiger partial charge is 0.508 e. The zero-order valence-corrected chi connectivity index (χ0v) is 17.3. The van der Waals surface area contributed by atoms with Crippen molar-refractivity contribution in [3.8, 4) is 17.2 Å². The summed E-state index contributed by atoms with van der Waals surface area (Å²) in [5.74, 6) is 1.31. The van der Waals surface area contributed by atoms with E-state index in [-0.39, 0.29) is 11.7 Å². The monoisotopic (exact) mass is 439 g/mol. The molecule has 4 rings (SSSR count). The number of nitrogens with zero attached hydrogens (tertiary/aromatic N) is 1. The highest BCUT2D eigenvalue weighted by Crippen LogP contribution is 2.37. The van der Waals surface area contributed by atoms with Gasteiger partial charge in [0.2, 0.25) is 0 Å². The number of hydrogen-bond acceptors (Lipinski definition) is 5. The quantitative estimate of drug-likeness (QED) is 0.385. The number of phenolic OH excluding ortho intramolecular Hbond substituents is 1. The average molecular weight is 440 g/mol. The van der Waals surface area contributed by atoms with Gasteiger partial charge in [0, 0.05) is 5.02 Å². The lowest BCUT2D eigenvalue weighted by atomic mass is 10.2. The SMILES string of the molecule is O=C1C(=Cc2ccc(O)cc2)SC(=S)N1c1ccc(Oc2ccc(Cl)cc2)cc1. The van der Waals surface area contributed by atoms with E-state index >= 15 is 0 Å². The Morgan fingerprint density at radius 2 is 1.52 bits per heavy atom. The molecular weight excluding hydrogens is 426 g/mol. The lowest BCUT2D eigenvalue weighted by Crippen LogP contribution is -2.27. The number of phenols is 1. The number of carbonyl (C=O) groups excluding carboxylic acids is 1. The smallest absolute Gasteiger partial charge is 0.270 e. The summed E-state index contributed by atoms with van der Waals surface area (Å²) < 4.78 is 6.25. The number of halogens is 1. The molecule has 1 aliphatic heterocycles. The van der Waals surface area contributed by atoms with Crippen LogP contribution < -0.4 is 9.64 Å². The molecule has 0 saturated carbocycles. The van der Waals surface area contributed by atoms with Crippen molar-refractivity contribution < 1.29 is 14.6 Å². The van der Waals surface area contributed by atoms with Gasteiger partial charge in [-0.2, -0.15) is 0 Å². The summed E-state index contributed by atoms with van der Waals surface area (Å²) >= 11 is 12.5. The van der Waals surface area contributed by atoms with Crippen LogP contribution in [0.4, 0.5) is 5.69 Å². The van der Waals surface area contributed by atoms with Crippen LogP contribution in [0.2, 0.25) is 5.02 Å². The number of benzene rings is 3. The zero-order chi connectivity index (χ0) is 20.4. The minimum Gasteiger partial charge on any atom is -0.508 e. The molecule has 1 aliphatic rings. The van der Waals surface area contributed by atoms with Crippen molar-refractivity contribution in [2.45, 2.75) is 0 Å². The molecule has 0 unspecified atom stereocenters. The third-order valence-electron chi connectivity index (χ3n) is 4.13. The van der Waals surface area contributed by atoms with E-state index in [0.29, 0.717) is 31.4 Å². The van der Waals surface area contributed by atoms with Crippen molar-refractivity contribution in [3.05, 3.63) is 88.3 Å². The summed E-state index contributed by atoms with van der Waals surface area (Å²) in [7, 11) is 0. The highest BCUT2D eigenvalue weighted by molar-refractivity contribution is 8.27. The van der Waals surface area contributed by atoms with Crippen LogP contribution in [0.3, 0.4) is 0 Å². The van der Waals surface area contributed by atoms with Gasteiger partial charge < -0.3 is 9.84 Å². The lowest BCUT2D eigenvalue weighted by molar-refractivity contribution is -0.113. The number of thioether (sulfide) groups is 1. The molecule has 29 heavy (non-hydrogen) atoms. The maximum atomic E-state index is 12.9. The molecule has 3 aromatic carbocycles. The lowest BCUT2D eigenvalue weighted by Gasteiger charge is -2.15. The first-order valence-corrected chi connectivity index (χ1v) is 10.2. The molecule has 3 aromatic rings. The molecular formula is C22H14ClNO3S2. The molecule has 144 valence electrons. The van der Waals surface area contributed by atoms with Gasteiger partial charge in [0.25, 0.3) is 5.91 Å². The number of rotatable bonds is 4. The van der Waals surface area contributed by atoms with Gasteiger partial charge in [-0.15, -0.1) is 0 Å². The van der Waals surface area contributed by atoms with E-state index in [1.54, 1.807) is 78.9 Å². The molecule has 1 fully saturated rings. The summed E-state index contributed by atoms with van der Waals surface area (Å²) in [6, 6.07) is 20.9. The van der Waals surface area contributed by atoms with Crippen LogP contribution in [-0.2, 0) is 4.79 Å². The first-order chi connectivity index (χ1) is 14.0. The Bertz CT molecular complexity index is 1090. The van der Waals surface area contributed by atoms with Gasteiger partial charge in [-0.25, -0.2) is 0 Å². The number of anilines is 1. The van der Waals surface area contributed by atoms with Gasteiger partial charge in [0.05, 0.1) is 10.6 Å². The first kappa shape index (κ1) is 19.5. The summed E-state index contributed by atoms with van der Waals surface area (Å²) in [6.07, 6.45) is 1.76. The minimum atomic E-state index is -0.181. The van der Waals surface area contributed by atoms with Gasteiger partial charge in [-0.1, -0.05) is 47.7 Å². The van der Waals surface area contributed by atoms with Crippen LogP contribution >= 0.6 is 35.6 Å². The van der Waals surface area contributed by atoms with E-state index in [4.69, 9.17) is 28.6 Å². The standard InChI is InChI=1S/C22H14ClNO3S2/c23-15-3-9-18(10-4-15)27-19-11-5-16(6-12-19)24-21(26)20(29-22(24)28)13-14-1-7-17(25)8-2-14/h1-13,25H. The molecule has 0 spiro atoms. The van der Waals surface area contributed by atoms with E-state index in [1.807, 2.05) is 0 Å². The Morgan fingerprint density at radius 1 is 0.931 bits per heavy atom. The summed E-state index contributed by atoms with van der Waals surface area (Å²) in [4.78, 5) is 14.9. The van der Waals surface area contributed by atoms with Crippen molar-refractivity contribution >= 4 is 57.6 Å². The highest BCUT2D eigenvalue weighted by atomic mass is 35.5. The molecule has 1 heterocycles. The molecule has 1 amide bonds. The fourth-order valence-electron chi connectivity index (χ4n) is 2.71. The first-order valence-electron chi connectivity index (χ1n) is 8.60. The third-order valence-corrected chi connectivity index (χ3v) is 5.68. The Kier molecular flexibility index (Phi) is 5.58. The van der Waals surface area contributed by atoms with Crippen molar-refractivity contribution in [2.24, 2.45) is 0 Å². The van der Waals surface area contributed by atoms with Gasteiger partial charge in [0.1, 0.15) is 17.2 Å². The van der Waals surface area contributed by atoms with Gasteiger partial charge >= 0.3 is 0 Å².